The van der Waals surface area contributed by atoms with E-state index in [0.717, 1.165) is 27.9 Å². The van der Waals surface area contributed by atoms with Gasteiger partial charge in [0.25, 0.3) is 0 Å². The van der Waals surface area contributed by atoms with Crippen molar-refractivity contribution in [1.82, 2.24) is 9.55 Å². The second-order valence-corrected chi connectivity index (χ2v) is 8.88. The first-order valence-corrected chi connectivity index (χ1v) is 11.0. The Morgan fingerprint density at radius 2 is 1.50 bits per heavy atom. The van der Waals surface area contributed by atoms with Crippen molar-refractivity contribution in [3.63, 3.8) is 0 Å². The van der Waals surface area contributed by atoms with Gasteiger partial charge < -0.3 is 5.11 Å². The van der Waals surface area contributed by atoms with Gasteiger partial charge in [-0.3, -0.25) is 4.57 Å². The Hall–Kier alpha value is -2.79. The average molecular weight is 486 g/mol. The third-order valence-corrected chi connectivity index (χ3v) is 6.42. The van der Waals surface area contributed by atoms with Crippen molar-refractivity contribution in [2.24, 2.45) is 0 Å². The SMILES string of the molecule is Cc1ccc(-c2nc(C(=O)O)c(-c3ccc(Cl)c(Cl)c3)n2-c2cc(Cl)ccc2C)cc1C. The fourth-order valence-electron chi connectivity index (χ4n) is 3.61. The number of carboxylic acid groups (broad SMARTS) is 1. The van der Waals surface area contributed by atoms with Crippen LogP contribution in [-0.2, 0) is 0 Å². The molecule has 4 aromatic rings. The summed E-state index contributed by atoms with van der Waals surface area (Å²) in [4.78, 5) is 16.9. The Bertz CT molecular complexity index is 1380. The van der Waals surface area contributed by atoms with E-state index in [4.69, 9.17) is 34.8 Å². The summed E-state index contributed by atoms with van der Waals surface area (Å²) in [5.41, 5.74) is 5.54. The number of nitrogens with zero attached hydrogens (tertiary/aromatic N) is 2. The van der Waals surface area contributed by atoms with E-state index in [1.165, 1.54) is 0 Å². The summed E-state index contributed by atoms with van der Waals surface area (Å²) in [7, 11) is 0. The molecule has 0 unspecified atom stereocenters. The molecule has 1 N–H and O–H groups in total. The second kappa shape index (κ2) is 8.62. The van der Waals surface area contributed by atoms with Gasteiger partial charge in [-0.15, -0.1) is 0 Å². The van der Waals surface area contributed by atoms with Crippen molar-refractivity contribution in [3.8, 4) is 28.3 Å². The van der Waals surface area contributed by atoms with Gasteiger partial charge in [0.05, 0.1) is 21.4 Å². The predicted molar refractivity (Wildman–Crippen MR) is 131 cm³/mol. The lowest BCUT2D eigenvalue weighted by Gasteiger charge is -2.16. The number of hydrogen-bond acceptors (Lipinski definition) is 2. The van der Waals surface area contributed by atoms with E-state index >= 15 is 0 Å². The first-order chi connectivity index (χ1) is 15.2. The Balaban J connectivity index is 2.15. The summed E-state index contributed by atoms with van der Waals surface area (Å²) in [6.45, 7) is 5.97. The van der Waals surface area contributed by atoms with Crippen LogP contribution in [0, 0.1) is 20.8 Å². The lowest BCUT2D eigenvalue weighted by molar-refractivity contribution is 0.0692. The number of imidazole rings is 1. The highest BCUT2D eigenvalue weighted by molar-refractivity contribution is 6.42. The molecule has 0 fully saturated rings. The molecule has 0 aliphatic carbocycles. The Kier molecular flexibility index (Phi) is 6.04. The van der Waals surface area contributed by atoms with Crippen molar-refractivity contribution < 1.29 is 9.90 Å². The maximum atomic E-state index is 12.3. The quantitative estimate of drug-likeness (QED) is 0.321. The highest BCUT2D eigenvalue weighted by Crippen LogP contribution is 2.38. The molecule has 0 aliphatic heterocycles. The van der Waals surface area contributed by atoms with Crippen LogP contribution in [0.4, 0.5) is 0 Å². The maximum Gasteiger partial charge on any atom is 0.356 e. The molecule has 1 aromatic heterocycles. The number of carbonyl (C=O) groups is 1. The lowest BCUT2D eigenvalue weighted by Crippen LogP contribution is -2.05. The molecule has 0 saturated carbocycles. The standard InChI is InChI=1S/C25H19Cl3N2O2/c1-13-4-6-17(10-15(13)3)24-29-22(25(31)32)23(16-7-9-19(27)20(28)11-16)30(24)21-12-18(26)8-5-14(21)2/h4-12H,1-3H3,(H,31,32). The van der Waals surface area contributed by atoms with E-state index in [0.29, 0.717) is 32.1 Å². The number of benzene rings is 3. The molecular weight excluding hydrogens is 467 g/mol. The molecule has 0 saturated heterocycles. The monoisotopic (exact) mass is 484 g/mol. The highest BCUT2D eigenvalue weighted by atomic mass is 35.5. The lowest BCUT2D eigenvalue weighted by atomic mass is 10.1. The van der Waals surface area contributed by atoms with Crippen LogP contribution in [0.1, 0.15) is 27.2 Å². The van der Waals surface area contributed by atoms with Crippen LogP contribution in [0.15, 0.2) is 54.6 Å². The number of aromatic nitrogens is 2. The summed E-state index contributed by atoms with van der Waals surface area (Å²) in [5, 5.41) is 11.3. The third-order valence-electron chi connectivity index (χ3n) is 5.45. The Morgan fingerprint density at radius 1 is 0.812 bits per heavy atom. The molecule has 4 nitrogen and oxygen atoms in total. The van der Waals surface area contributed by atoms with Gasteiger partial charge in [-0.1, -0.05) is 59.1 Å². The van der Waals surface area contributed by atoms with E-state index in [2.05, 4.69) is 4.98 Å². The molecule has 0 atom stereocenters. The molecule has 0 aliphatic rings. The van der Waals surface area contributed by atoms with Gasteiger partial charge in [-0.2, -0.15) is 0 Å². The van der Waals surface area contributed by atoms with Crippen molar-refractivity contribution in [1.29, 1.82) is 0 Å². The smallest absolute Gasteiger partial charge is 0.356 e. The zero-order chi connectivity index (χ0) is 23.2. The van der Waals surface area contributed by atoms with Crippen molar-refractivity contribution in [3.05, 3.63) is 92.0 Å². The molecule has 4 rings (SSSR count). The molecule has 162 valence electrons. The normalized spacial score (nSPS) is 11.1. The minimum Gasteiger partial charge on any atom is -0.476 e. The second-order valence-electron chi connectivity index (χ2n) is 7.63. The predicted octanol–water partition coefficient (Wildman–Crippen LogP) is 7.79. The minimum absolute atomic E-state index is 0.0870. The summed E-state index contributed by atoms with van der Waals surface area (Å²) in [6, 6.07) is 16.4. The maximum absolute atomic E-state index is 12.3. The molecule has 0 amide bonds. The van der Waals surface area contributed by atoms with Crippen molar-refractivity contribution >= 4 is 40.8 Å². The van der Waals surface area contributed by atoms with Gasteiger partial charge in [-0.05, 0) is 67.8 Å². The molecule has 0 radical (unpaired) electrons. The zero-order valence-electron chi connectivity index (χ0n) is 17.6. The number of carboxylic acids is 1. The van der Waals surface area contributed by atoms with E-state index in [9.17, 15) is 9.90 Å². The number of rotatable bonds is 4. The fraction of sp³-hybridized carbons (Fsp3) is 0.120. The van der Waals surface area contributed by atoms with Crippen LogP contribution >= 0.6 is 34.8 Å². The number of aromatic carboxylic acids is 1. The Morgan fingerprint density at radius 3 is 2.16 bits per heavy atom. The third kappa shape index (κ3) is 4.02. The number of halogens is 3. The molecule has 32 heavy (non-hydrogen) atoms. The summed E-state index contributed by atoms with van der Waals surface area (Å²) in [6.07, 6.45) is 0. The summed E-state index contributed by atoms with van der Waals surface area (Å²) >= 11 is 18.7. The first-order valence-electron chi connectivity index (χ1n) is 9.83. The van der Waals surface area contributed by atoms with E-state index in [1.807, 2.05) is 49.6 Å². The molecule has 0 bridgehead atoms. The summed E-state index contributed by atoms with van der Waals surface area (Å²) < 4.78 is 1.83. The molecular formula is C25H19Cl3N2O2. The van der Waals surface area contributed by atoms with Gasteiger partial charge >= 0.3 is 5.97 Å². The van der Waals surface area contributed by atoms with Crippen molar-refractivity contribution in [2.45, 2.75) is 20.8 Å². The number of hydrogen-bond donors (Lipinski definition) is 1. The summed E-state index contributed by atoms with van der Waals surface area (Å²) in [5.74, 6) is -0.647. The van der Waals surface area contributed by atoms with Crippen LogP contribution in [0.3, 0.4) is 0 Å². The zero-order valence-corrected chi connectivity index (χ0v) is 19.8. The van der Waals surface area contributed by atoms with Crippen molar-refractivity contribution in [2.75, 3.05) is 0 Å². The van der Waals surface area contributed by atoms with E-state index in [1.54, 1.807) is 30.3 Å². The van der Waals surface area contributed by atoms with Gasteiger partial charge in [0, 0.05) is 16.1 Å². The molecule has 3 aromatic carbocycles. The number of aryl methyl sites for hydroxylation is 3. The van der Waals surface area contributed by atoms with Crippen LogP contribution in [0.2, 0.25) is 15.1 Å². The van der Waals surface area contributed by atoms with Crippen LogP contribution in [0.25, 0.3) is 28.3 Å². The molecule has 7 heteroatoms. The largest absolute Gasteiger partial charge is 0.476 e. The van der Waals surface area contributed by atoms with Gasteiger partial charge in [0.15, 0.2) is 5.69 Å². The van der Waals surface area contributed by atoms with E-state index in [-0.39, 0.29) is 5.69 Å². The fourth-order valence-corrected chi connectivity index (χ4v) is 4.08. The van der Waals surface area contributed by atoms with E-state index < -0.39 is 5.97 Å². The topological polar surface area (TPSA) is 55.1 Å². The van der Waals surface area contributed by atoms with Gasteiger partial charge in [0.2, 0.25) is 0 Å². The van der Waals surface area contributed by atoms with Gasteiger partial charge in [0.1, 0.15) is 5.82 Å². The van der Waals surface area contributed by atoms with Crippen LogP contribution in [-0.4, -0.2) is 20.6 Å². The Labute approximate surface area is 201 Å². The van der Waals surface area contributed by atoms with Gasteiger partial charge in [-0.25, -0.2) is 9.78 Å². The molecule has 1 heterocycles. The molecule has 0 spiro atoms. The van der Waals surface area contributed by atoms with Crippen LogP contribution < -0.4 is 0 Å². The average Bonchev–Trinajstić information content (AvgIpc) is 3.14. The minimum atomic E-state index is -1.14. The van der Waals surface area contributed by atoms with Crippen LogP contribution in [0.5, 0.6) is 0 Å². The first kappa shape index (κ1) is 22.4. The highest BCUT2D eigenvalue weighted by Gasteiger charge is 2.26.